The summed E-state index contributed by atoms with van der Waals surface area (Å²) < 4.78 is 2.08. The summed E-state index contributed by atoms with van der Waals surface area (Å²) in [5.41, 5.74) is 2.03. The third-order valence-electron chi connectivity index (χ3n) is 2.06. The van der Waals surface area contributed by atoms with Crippen molar-refractivity contribution in [1.82, 2.24) is 0 Å². The maximum Gasteiger partial charge on any atom is 0.0629 e. The first-order valence-corrected chi connectivity index (χ1v) is 6.38. The Balaban J connectivity index is 2.21. The molecule has 0 aliphatic rings. The highest BCUT2D eigenvalue weighted by Gasteiger charge is 1.96. The Morgan fingerprint density at radius 1 is 0.875 bits per heavy atom. The van der Waals surface area contributed by atoms with Crippen LogP contribution in [0.25, 0.3) is 0 Å². The number of halogens is 2. The number of nitrogens with zero attached hydrogens (tertiary/aromatic N) is 1. The Morgan fingerprint density at radius 2 is 1.62 bits per heavy atom. The molecule has 0 bridgehead atoms. The van der Waals surface area contributed by atoms with Gasteiger partial charge in [-0.05, 0) is 61.7 Å². The monoisotopic (exact) mass is 337 g/mol. The maximum absolute atomic E-state index is 4.39. The molecule has 0 atom stereocenters. The van der Waals surface area contributed by atoms with E-state index in [0.29, 0.717) is 0 Å². The molecule has 3 heteroatoms. The Bertz CT molecular complexity index is 507. The fraction of sp³-hybridized carbons (Fsp3) is 0. The van der Waals surface area contributed by atoms with Crippen LogP contribution >= 0.6 is 31.9 Å². The summed E-state index contributed by atoms with van der Waals surface area (Å²) in [7, 11) is 0. The summed E-state index contributed by atoms with van der Waals surface area (Å²) >= 11 is 6.90. The van der Waals surface area contributed by atoms with Gasteiger partial charge in [-0.3, -0.25) is 4.99 Å². The van der Waals surface area contributed by atoms with Gasteiger partial charge in [0.25, 0.3) is 0 Å². The summed E-state index contributed by atoms with van der Waals surface area (Å²) in [6.45, 7) is 0. The smallest absolute Gasteiger partial charge is 0.0629 e. The lowest BCUT2D eigenvalue weighted by Crippen LogP contribution is -1.80. The van der Waals surface area contributed by atoms with E-state index in [-0.39, 0.29) is 0 Å². The van der Waals surface area contributed by atoms with Crippen molar-refractivity contribution < 1.29 is 0 Å². The van der Waals surface area contributed by atoms with Crippen molar-refractivity contribution in [2.45, 2.75) is 0 Å². The van der Waals surface area contributed by atoms with Gasteiger partial charge >= 0.3 is 0 Å². The molecule has 0 heterocycles. The first-order chi connectivity index (χ1) is 7.75. The minimum absolute atomic E-state index is 0.960. The van der Waals surface area contributed by atoms with Crippen LogP contribution < -0.4 is 0 Å². The molecule has 0 fully saturated rings. The number of para-hydroxylation sites is 1. The molecule has 0 saturated carbocycles. The maximum atomic E-state index is 4.39. The van der Waals surface area contributed by atoms with E-state index in [0.717, 1.165) is 20.2 Å². The standard InChI is InChI=1S/C13H9Br2N/c14-12-7-6-10(8-13(12)15)9-16-11-4-2-1-3-5-11/h1-9H. The first-order valence-electron chi connectivity index (χ1n) is 4.80. The second-order valence-electron chi connectivity index (χ2n) is 3.27. The van der Waals surface area contributed by atoms with Crippen LogP contribution in [0.15, 0.2) is 62.5 Å². The first kappa shape index (κ1) is 11.6. The molecule has 0 amide bonds. The van der Waals surface area contributed by atoms with E-state index in [1.807, 2.05) is 54.7 Å². The zero-order chi connectivity index (χ0) is 11.4. The van der Waals surface area contributed by atoms with Gasteiger partial charge < -0.3 is 0 Å². The predicted octanol–water partition coefficient (Wildman–Crippen LogP) is 4.96. The van der Waals surface area contributed by atoms with Gasteiger partial charge in [0.2, 0.25) is 0 Å². The molecule has 16 heavy (non-hydrogen) atoms. The van der Waals surface area contributed by atoms with Crippen LogP contribution in [0.5, 0.6) is 0 Å². The third-order valence-corrected chi connectivity index (χ3v) is 3.94. The third kappa shape index (κ3) is 3.03. The zero-order valence-electron chi connectivity index (χ0n) is 8.40. The van der Waals surface area contributed by atoms with E-state index in [1.54, 1.807) is 0 Å². The van der Waals surface area contributed by atoms with Crippen molar-refractivity contribution in [3.05, 3.63) is 63.0 Å². The molecular weight excluding hydrogens is 330 g/mol. The van der Waals surface area contributed by atoms with Gasteiger partial charge in [-0.15, -0.1) is 0 Å². The topological polar surface area (TPSA) is 12.4 Å². The Hall–Kier alpha value is -0.930. The molecule has 2 aromatic rings. The van der Waals surface area contributed by atoms with Crippen molar-refractivity contribution >= 4 is 43.8 Å². The van der Waals surface area contributed by atoms with Gasteiger partial charge in [0.15, 0.2) is 0 Å². The summed E-state index contributed by atoms with van der Waals surface area (Å²) in [6, 6.07) is 15.9. The molecule has 0 spiro atoms. The van der Waals surface area contributed by atoms with Gasteiger partial charge in [0.05, 0.1) is 5.69 Å². The van der Waals surface area contributed by atoms with Crippen LogP contribution in [0.1, 0.15) is 5.56 Å². The normalized spacial score (nSPS) is 10.9. The Kier molecular flexibility index (Phi) is 3.91. The van der Waals surface area contributed by atoms with E-state index in [9.17, 15) is 0 Å². The average Bonchev–Trinajstić information content (AvgIpc) is 2.32. The lowest BCUT2D eigenvalue weighted by molar-refractivity contribution is 1.51. The van der Waals surface area contributed by atoms with Crippen molar-refractivity contribution in [3.63, 3.8) is 0 Å². The molecule has 0 unspecified atom stereocenters. The SMILES string of the molecule is Brc1ccc(C=Nc2ccccc2)cc1Br. The lowest BCUT2D eigenvalue weighted by atomic mass is 10.2. The van der Waals surface area contributed by atoms with Crippen LogP contribution in [0.3, 0.4) is 0 Å². The van der Waals surface area contributed by atoms with Crippen LogP contribution in [0.4, 0.5) is 5.69 Å². The number of aliphatic imine (C=N–C) groups is 1. The minimum Gasteiger partial charge on any atom is -0.256 e. The lowest BCUT2D eigenvalue weighted by Gasteiger charge is -1.97. The Labute approximate surface area is 111 Å². The molecule has 0 radical (unpaired) electrons. The molecule has 0 aromatic heterocycles. The highest BCUT2D eigenvalue weighted by molar-refractivity contribution is 9.13. The molecule has 0 N–H and O–H groups in total. The summed E-state index contributed by atoms with van der Waals surface area (Å²) in [5, 5.41) is 0. The van der Waals surface area contributed by atoms with Crippen LogP contribution in [-0.4, -0.2) is 6.21 Å². The molecule has 2 rings (SSSR count). The van der Waals surface area contributed by atoms with E-state index >= 15 is 0 Å². The number of hydrogen-bond donors (Lipinski definition) is 0. The van der Waals surface area contributed by atoms with Crippen molar-refractivity contribution in [3.8, 4) is 0 Å². The molecular formula is C13H9Br2N. The molecule has 80 valence electrons. The second-order valence-corrected chi connectivity index (χ2v) is 4.98. The quantitative estimate of drug-likeness (QED) is 0.686. The Morgan fingerprint density at radius 3 is 2.31 bits per heavy atom. The average molecular weight is 339 g/mol. The van der Waals surface area contributed by atoms with Crippen LogP contribution in [0.2, 0.25) is 0 Å². The van der Waals surface area contributed by atoms with Gasteiger partial charge in [-0.2, -0.15) is 0 Å². The van der Waals surface area contributed by atoms with E-state index < -0.39 is 0 Å². The van der Waals surface area contributed by atoms with Crippen molar-refractivity contribution in [2.75, 3.05) is 0 Å². The largest absolute Gasteiger partial charge is 0.256 e. The fourth-order valence-corrected chi connectivity index (χ4v) is 1.90. The highest BCUT2D eigenvalue weighted by atomic mass is 79.9. The highest BCUT2D eigenvalue weighted by Crippen LogP contribution is 2.23. The molecule has 2 aromatic carbocycles. The zero-order valence-corrected chi connectivity index (χ0v) is 11.6. The summed E-state index contributed by atoms with van der Waals surface area (Å²) in [6.07, 6.45) is 1.85. The fourth-order valence-electron chi connectivity index (χ4n) is 1.26. The van der Waals surface area contributed by atoms with Gasteiger partial charge in [-0.1, -0.05) is 24.3 Å². The van der Waals surface area contributed by atoms with Crippen LogP contribution in [0, 0.1) is 0 Å². The number of hydrogen-bond acceptors (Lipinski definition) is 1. The second kappa shape index (κ2) is 5.41. The molecule has 0 aliphatic carbocycles. The predicted molar refractivity (Wildman–Crippen MR) is 75.5 cm³/mol. The number of rotatable bonds is 2. The van der Waals surface area contributed by atoms with E-state index in [2.05, 4.69) is 36.9 Å². The number of benzene rings is 2. The van der Waals surface area contributed by atoms with Gasteiger partial charge in [0.1, 0.15) is 0 Å². The van der Waals surface area contributed by atoms with E-state index in [4.69, 9.17) is 0 Å². The van der Waals surface area contributed by atoms with E-state index in [1.165, 1.54) is 0 Å². The summed E-state index contributed by atoms with van der Waals surface area (Å²) in [4.78, 5) is 4.39. The summed E-state index contributed by atoms with van der Waals surface area (Å²) in [5.74, 6) is 0. The van der Waals surface area contributed by atoms with Gasteiger partial charge in [-0.25, -0.2) is 0 Å². The van der Waals surface area contributed by atoms with Crippen molar-refractivity contribution in [1.29, 1.82) is 0 Å². The van der Waals surface area contributed by atoms with Crippen LogP contribution in [-0.2, 0) is 0 Å². The molecule has 1 nitrogen and oxygen atoms in total. The minimum atomic E-state index is 0.960. The molecule has 0 aliphatic heterocycles. The molecule has 0 saturated heterocycles. The van der Waals surface area contributed by atoms with Crippen molar-refractivity contribution in [2.24, 2.45) is 4.99 Å². The van der Waals surface area contributed by atoms with Gasteiger partial charge in [0, 0.05) is 15.2 Å².